The third-order valence-electron chi connectivity index (χ3n) is 0.301. The molecule has 0 aliphatic rings. The van der Waals surface area contributed by atoms with E-state index >= 15 is 0 Å². The molecule has 0 heterocycles. The molecule has 0 aliphatic carbocycles. The number of carboxylic acid groups (broad SMARTS) is 1. The Labute approximate surface area is 70.5 Å². The van der Waals surface area contributed by atoms with Crippen molar-refractivity contribution < 1.29 is 38.0 Å². The minimum absolute atomic E-state index is 0. The van der Waals surface area contributed by atoms with Crippen LogP contribution in [0.25, 0.3) is 0 Å². The van der Waals surface area contributed by atoms with E-state index < -0.39 is 11.8 Å². The Morgan fingerprint density at radius 1 is 1.40 bits per heavy atom. The summed E-state index contributed by atoms with van der Waals surface area (Å²) in [6.45, 7) is 2.32. The van der Waals surface area contributed by atoms with Crippen molar-refractivity contribution in [1.29, 1.82) is 0 Å². The predicted molar refractivity (Wildman–Crippen MR) is 29.7 cm³/mol. The third-order valence-corrected chi connectivity index (χ3v) is 0.301. The largest absolute Gasteiger partial charge is 0.542 e. The van der Waals surface area contributed by atoms with E-state index in [2.05, 4.69) is 0 Å². The number of hydrogen-bond acceptors (Lipinski definition) is 3. The van der Waals surface area contributed by atoms with Gasteiger partial charge >= 0.3 is 5.97 Å². The molecule has 4 nitrogen and oxygen atoms in total. The molecular formula is C5H7O4V-. The van der Waals surface area contributed by atoms with Gasteiger partial charge in [0, 0.05) is 25.5 Å². The zero-order valence-electron chi connectivity index (χ0n) is 5.62. The second-order valence-corrected chi connectivity index (χ2v) is 1.07. The molecule has 0 spiro atoms. The van der Waals surface area contributed by atoms with E-state index in [4.69, 9.17) is 9.90 Å². The molecule has 0 aromatic heterocycles. The number of carboxylic acids is 1. The van der Waals surface area contributed by atoms with Crippen LogP contribution < -0.4 is 0 Å². The van der Waals surface area contributed by atoms with Crippen molar-refractivity contribution in [1.82, 2.24) is 0 Å². The Bertz CT molecular complexity index is 109. The van der Waals surface area contributed by atoms with Crippen LogP contribution in [0.4, 0.5) is 0 Å². The number of aliphatic carboxylic acids is 1. The van der Waals surface area contributed by atoms with E-state index in [1.54, 1.807) is 0 Å². The zero-order chi connectivity index (χ0) is 7.86. The van der Waals surface area contributed by atoms with Gasteiger partial charge in [0.1, 0.15) is 0 Å². The van der Waals surface area contributed by atoms with Gasteiger partial charge in [0.15, 0.2) is 0 Å². The standard InChI is InChI=1S/C3H4O3.C2H3O.V/c1-2(4)3(5)6;1-2-3;/h1H3,(H,5,6);1H3;/q;-1;. The SMILES string of the molecule is CC(=O)C(=O)O.C[C-]=O.[V]. The molecule has 5 heteroatoms. The van der Waals surface area contributed by atoms with Crippen LogP contribution in [-0.2, 0) is 32.9 Å². The molecule has 57 valence electrons. The summed E-state index contributed by atoms with van der Waals surface area (Å²) in [6, 6.07) is 0. The average molecular weight is 182 g/mol. The van der Waals surface area contributed by atoms with E-state index in [-0.39, 0.29) is 18.6 Å². The van der Waals surface area contributed by atoms with Crippen LogP contribution in [0, 0.1) is 0 Å². The fourth-order valence-corrected chi connectivity index (χ4v) is 0. The van der Waals surface area contributed by atoms with Crippen LogP contribution >= 0.6 is 0 Å². The molecule has 0 aromatic rings. The summed E-state index contributed by atoms with van der Waals surface area (Å²) >= 11 is 0. The van der Waals surface area contributed by atoms with E-state index in [1.165, 1.54) is 13.2 Å². The Morgan fingerprint density at radius 3 is 1.50 bits per heavy atom. The van der Waals surface area contributed by atoms with Crippen molar-refractivity contribution >= 4 is 18.0 Å². The molecule has 0 aliphatic heterocycles. The first-order valence-electron chi connectivity index (χ1n) is 2.09. The van der Waals surface area contributed by atoms with E-state index in [1.807, 2.05) is 0 Å². The van der Waals surface area contributed by atoms with Crippen LogP contribution in [0.5, 0.6) is 0 Å². The quantitative estimate of drug-likeness (QED) is 0.449. The van der Waals surface area contributed by atoms with Crippen molar-refractivity contribution in [3.05, 3.63) is 0 Å². The van der Waals surface area contributed by atoms with Gasteiger partial charge in [0.05, 0.1) is 0 Å². The van der Waals surface area contributed by atoms with Gasteiger partial charge in [-0.25, -0.2) is 4.79 Å². The Balaban J connectivity index is -0.000000107. The summed E-state index contributed by atoms with van der Waals surface area (Å²) < 4.78 is 0. The predicted octanol–water partition coefficient (Wildman–Crippen LogP) is -0.226. The fourth-order valence-electron chi connectivity index (χ4n) is 0. The molecule has 1 radical (unpaired) electrons. The average Bonchev–Trinajstić information content (AvgIpc) is 1.68. The maximum atomic E-state index is 9.54. The number of hydrogen-bond donors (Lipinski definition) is 1. The first-order valence-corrected chi connectivity index (χ1v) is 2.09. The molecule has 0 fully saturated rings. The van der Waals surface area contributed by atoms with E-state index in [0.29, 0.717) is 0 Å². The molecule has 0 amide bonds. The Kier molecular flexibility index (Phi) is 18.2. The normalized spacial score (nSPS) is 5.80. The molecule has 0 saturated carbocycles. The molecule has 0 atom stereocenters. The van der Waals surface area contributed by atoms with E-state index in [9.17, 15) is 9.59 Å². The molecule has 0 saturated heterocycles. The molecular weight excluding hydrogens is 175 g/mol. The summed E-state index contributed by atoms with van der Waals surface area (Å²) in [5.41, 5.74) is 0. The first kappa shape index (κ1) is 16.2. The van der Waals surface area contributed by atoms with Gasteiger partial charge < -0.3 is 9.90 Å². The minimum atomic E-state index is -1.38. The molecule has 0 aromatic carbocycles. The van der Waals surface area contributed by atoms with Gasteiger partial charge in [-0.3, -0.25) is 11.1 Å². The van der Waals surface area contributed by atoms with E-state index in [0.717, 1.165) is 6.92 Å². The van der Waals surface area contributed by atoms with Crippen LogP contribution in [-0.4, -0.2) is 23.1 Å². The summed E-state index contributed by atoms with van der Waals surface area (Å²) in [7, 11) is 0. The summed E-state index contributed by atoms with van der Waals surface area (Å²) in [6.07, 6.45) is 1.50. The third kappa shape index (κ3) is 26.2. The van der Waals surface area contributed by atoms with Gasteiger partial charge in [-0.15, -0.1) is 0 Å². The monoisotopic (exact) mass is 182 g/mol. The van der Waals surface area contributed by atoms with Crippen molar-refractivity contribution in [3.63, 3.8) is 0 Å². The second kappa shape index (κ2) is 11.2. The number of rotatable bonds is 1. The molecule has 0 unspecified atom stereocenters. The molecule has 1 N–H and O–H groups in total. The van der Waals surface area contributed by atoms with Crippen LogP contribution in [0.15, 0.2) is 0 Å². The van der Waals surface area contributed by atoms with Gasteiger partial charge in [0.2, 0.25) is 5.78 Å². The maximum Gasteiger partial charge on any atom is 0.371 e. The topological polar surface area (TPSA) is 71.4 Å². The van der Waals surface area contributed by atoms with Crippen LogP contribution in [0.3, 0.4) is 0 Å². The fraction of sp³-hybridized carbons (Fsp3) is 0.400. The number of ketones is 1. The van der Waals surface area contributed by atoms with Gasteiger partial charge in [-0.05, 0) is 0 Å². The Morgan fingerprint density at radius 2 is 1.50 bits per heavy atom. The van der Waals surface area contributed by atoms with Crippen molar-refractivity contribution in [2.75, 3.05) is 0 Å². The Hall–Kier alpha value is -0.606. The minimum Gasteiger partial charge on any atom is -0.542 e. The summed E-state index contributed by atoms with van der Waals surface area (Å²) in [4.78, 5) is 27.6. The van der Waals surface area contributed by atoms with Gasteiger partial charge in [-0.2, -0.15) is 6.92 Å². The summed E-state index contributed by atoms with van der Waals surface area (Å²) in [5.74, 6) is -2.20. The maximum absolute atomic E-state index is 9.54. The van der Waals surface area contributed by atoms with Crippen LogP contribution in [0.2, 0.25) is 0 Å². The van der Waals surface area contributed by atoms with Crippen molar-refractivity contribution in [3.8, 4) is 0 Å². The zero-order valence-corrected chi connectivity index (χ0v) is 7.02. The molecule has 10 heavy (non-hydrogen) atoms. The van der Waals surface area contributed by atoms with Gasteiger partial charge in [-0.1, -0.05) is 0 Å². The number of carbonyl (C=O) groups is 2. The second-order valence-electron chi connectivity index (χ2n) is 1.07. The number of carbonyl (C=O) groups excluding carboxylic acids is 2. The summed E-state index contributed by atoms with van der Waals surface area (Å²) in [5, 5.41) is 7.64. The molecule has 0 rings (SSSR count). The van der Waals surface area contributed by atoms with Crippen LogP contribution in [0.1, 0.15) is 13.8 Å². The van der Waals surface area contributed by atoms with Crippen molar-refractivity contribution in [2.24, 2.45) is 0 Å². The van der Waals surface area contributed by atoms with Crippen molar-refractivity contribution in [2.45, 2.75) is 13.8 Å². The first-order chi connectivity index (χ1) is 4.06. The van der Waals surface area contributed by atoms with Gasteiger partial charge in [0.25, 0.3) is 0 Å². The number of Topliss-reactive ketones (excluding diaryl/α,β-unsaturated/α-hetero) is 1. The molecule has 0 bridgehead atoms. The smallest absolute Gasteiger partial charge is 0.371 e.